The number of benzene rings is 1. The van der Waals surface area contributed by atoms with Crippen LogP contribution in [-0.4, -0.2) is 24.4 Å². The SMILES string of the molecule is CCOC(=O)c1ccccc1N1C(=O)[C@@H]2[C@@H](C1=O)[C@H]1C=C[C@H]2C12CC2. The van der Waals surface area contributed by atoms with E-state index >= 15 is 0 Å². The molecule has 1 saturated heterocycles. The molecule has 25 heavy (non-hydrogen) atoms. The molecule has 0 N–H and O–H groups in total. The standard InChI is InChI=1S/C20H19NO4/c1-2-25-19(24)11-5-3-4-6-14(11)21-17(22)15-12-7-8-13(16(15)18(21)23)20(12)9-10-20/h3-8,12-13,15-16H,2,9-10H2,1H3/t12-,13-,15+,16+/m1/s1. The van der Waals surface area contributed by atoms with Gasteiger partial charge in [0.25, 0.3) is 0 Å². The number of allylic oxidation sites excluding steroid dienone is 2. The topological polar surface area (TPSA) is 63.7 Å². The van der Waals surface area contributed by atoms with Crippen LogP contribution >= 0.6 is 0 Å². The van der Waals surface area contributed by atoms with Crippen molar-refractivity contribution in [2.75, 3.05) is 11.5 Å². The Bertz CT molecular complexity index is 804. The zero-order valence-electron chi connectivity index (χ0n) is 14.0. The van der Waals surface area contributed by atoms with Crippen molar-refractivity contribution in [3.8, 4) is 0 Å². The maximum atomic E-state index is 13.2. The van der Waals surface area contributed by atoms with Gasteiger partial charge in [0.2, 0.25) is 11.8 Å². The molecule has 5 rings (SSSR count). The Morgan fingerprint density at radius 1 is 1.12 bits per heavy atom. The molecule has 2 bridgehead atoms. The smallest absolute Gasteiger partial charge is 0.340 e. The van der Waals surface area contributed by atoms with Crippen molar-refractivity contribution >= 4 is 23.5 Å². The lowest BCUT2D eigenvalue weighted by Gasteiger charge is -2.23. The highest BCUT2D eigenvalue weighted by Crippen LogP contribution is 2.73. The first-order valence-corrected chi connectivity index (χ1v) is 8.92. The number of hydrogen-bond donors (Lipinski definition) is 0. The van der Waals surface area contributed by atoms with Gasteiger partial charge in [-0.2, -0.15) is 0 Å². The van der Waals surface area contributed by atoms with Gasteiger partial charge in [0.05, 0.1) is 29.7 Å². The third kappa shape index (κ3) is 1.71. The normalized spacial score (nSPS) is 33.2. The van der Waals surface area contributed by atoms with Crippen LogP contribution in [0.4, 0.5) is 5.69 Å². The number of ether oxygens (including phenoxy) is 1. The molecule has 2 saturated carbocycles. The summed E-state index contributed by atoms with van der Waals surface area (Å²) in [4.78, 5) is 39.8. The molecule has 4 aliphatic rings. The number of imide groups is 1. The van der Waals surface area contributed by atoms with Gasteiger partial charge in [0.15, 0.2) is 0 Å². The number of esters is 1. The molecule has 0 radical (unpaired) electrons. The van der Waals surface area contributed by atoms with Gasteiger partial charge < -0.3 is 4.74 Å². The second kappa shape index (κ2) is 4.81. The Labute approximate surface area is 145 Å². The number of carbonyl (C=O) groups is 3. The highest BCUT2D eigenvalue weighted by Gasteiger charge is 2.73. The molecule has 1 heterocycles. The molecule has 1 aliphatic heterocycles. The number of rotatable bonds is 3. The zero-order chi connectivity index (χ0) is 17.3. The second-order valence-electron chi connectivity index (χ2n) is 7.47. The van der Waals surface area contributed by atoms with Crippen molar-refractivity contribution in [3.63, 3.8) is 0 Å². The summed E-state index contributed by atoms with van der Waals surface area (Å²) in [7, 11) is 0. The van der Waals surface area contributed by atoms with Gasteiger partial charge >= 0.3 is 5.97 Å². The lowest BCUT2D eigenvalue weighted by Crippen LogP contribution is -2.35. The summed E-state index contributed by atoms with van der Waals surface area (Å²) in [5.74, 6) is -0.988. The predicted octanol–water partition coefficient (Wildman–Crippen LogP) is 2.56. The Morgan fingerprint density at radius 2 is 1.72 bits per heavy atom. The van der Waals surface area contributed by atoms with Gasteiger partial charge in [-0.1, -0.05) is 24.3 Å². The molecule has 1 spiro atoms. The zero-order valence-corrected chi connectivity index (χ0v) is 14.0. The van der Waals surface area contributed by atoms with Crippen LogP contribution in [0.3, 0.4) is 0 Å². The monoisotopic (exact) mass is 337 g/mol. The van der Waals surface area contributed by atoms with Crippen molar-refractivity contribution < 1.29 is 19.1 Å². The molecule has 0 aromatic heterocycles. The van der Waals surface area contributed by atoms with E-state index in [-0.39, 0.29) is 53.1 Å². The lowest BCUT2D eigenvalue weighted by atomic mass is 9.85. The first-order valence-electron chi connectivity index (χ1n) is 8.92. The van der Waals surface area contributed by atoms with E-state index in [2.05, 4.69) is 12.2 Å². The quantitative estimate of drug-likeness (QED) is 0.483. The maximum absolute atomic E-state index is 13.2. The summed E-state index contributed by atoms with van der Waals surface area (Å²) in [5, 5.41) is 0. The summed E-state index contributed by atoms with van der Waals surface area (Å²) < 4.78 is 5.09. The molecule has 3 aliphatic carbocycles. The van der Waals surface area contributed by atoms with E-state index in [1.165, 1.54) is 4.90 Å². The van der Waals surface area contributed by atoms with Crippen molar-refractivity contribution in [2.45, 2.75) is 19.8 Å². The molecule has 2 amide bonds. The summed E-state index contributed by atoms with van der Waals surface area (Å²) >= 11 is 0. The third-order valence-electron chi connectivity index (χ3n) is 6.49. The van der Waals surface area contributed by atoms with Crippen molar-refractivity contribution in [1.82, 2.24) is 0 Å². The van der Waals surface area contributed by atoms with E-state index in [0.717, 1.165) is 12.8 Å². The van der Waals surface area contributed by atoms with Gasteiger partial charge in [0, 0.05) is 0 Å². The Morgan fingerprint density at radius 3 is 2.28 bits per heavy atom. The number of fused-ring (bicyclic) bond motifs is 3. The van der Waals surface area contributed by atoms with Crippen LogP contribution in [0.2, 0.25) is 0 Å². The minimum Gasteiger partial charge on any atom is -0.462 e. The molecule has 1 aromatic carbocycles. The van der Waals surface area contributed by atoms with Crippen molar-refractivity contribution in [3.05, 3.63) is 42.0 Å². The number of carbonyl (C=O) groups excluding carboxylic acids is 3. The van der Waals surface area contributed by atoms with E-state index in [4.69, 9.17) is 4.74 Å². The first-order chi connectivity index (χ1) is 12.1. The van der Waals surface area contributed by atoms with Crippen LogP contribution in [0.15, 0.2) is 36.4 Å². The fourth-order valence-electron chi connectivity index (χ4n) is 5.37. The van der Waals surface area contributed by atoms with Crippen molar-refractivity contribution in [1.29, 1.82) is 0 Å². The highest BCUT2D eigenvalue weighted by atomic mass is 16.5. The van der Waals surface area contributed by atoms with Gasteiger partial charge in [-0.25, -0.2) is 9.69 Å². The first kappa shape index (κ1) is 14.9. The average Bonchev–Trinajstić information content (AvgIpc) is 3.20. The Balaban J connectivity index is 1.55. The fraction of sp³-hybridized carbons (Fsp3) is 0.450. The van der Waals surface area contributed by atoms with E-state index in [9.17, 15) is 14.4 Å². The predicted molar refractivity (Wildman–Crippen MR) is 89.7 cm³/mol. The average molecular weight is 337 g/mol. The minimum absolute atomic E-state index is 0.158. The summed E-state index contributed by atoms with van der Waals surface area (Å²) in [6.07, 6.45) is 6.51. The Kier molecular flexibility index (Phi) is 2.86. The Hall–Kier alpha value is -2.43. The van der Waals surface area contributed by atoms with Crippen LogP contribution in [0.1, 0.15) is 30.1 Å². The van der Waals surface area contributed by atoms with Gasteiger partial charge in [-0.15, -0.1) is 0 Å². The molecule has 5 heteroatoms. The summed E-state index contributed by atoms with van der Waals surface area (Å²) in [5.41, 5.74) is 0.801. The minimum atomic E-state index is -0.504. The molecule has 0 unspecified atom stereocenters. The van der Waals surface area contributed by atoms with E-state index in [1.807, 2.05) is 0 Å². The van der Waals surface area contributed by atoms with Crippen molar-refractivity contribution in [2.24, 2.45) is 29.1 Å². The van der Waals surface area contributed by atoms with Gasteiger partial charge in [-0.3, -0.25) is 9.59 Å². The number of hydrogen-bond acceptors (Lipinski definition) is 4. The van der Waals surface area contributed by atoms with E-state index in [1.54, 1.807) is 31.2 Å². The van der Waals surface area contributed by atoms with Crippen LogP contribution < -0.4 is 4.90 Å². The number of nitrogens with zero attached hydrogens (tertiary/aromatic N) is 1. The molecule has 128 valence electrons. The fourth-order valence-corrected chi connectivity index (χ4v) is 5.37. The van der Waals surface area contributed by atoms with Gasteiger partial charge in [0.1, 0.15) is 0 Å². The molecule has 4 atom stereocenters. The molecular weight excluding hydrogens is 318 g/mol. The summed E-state index contributed by atoms with van der Waals surface area (Å²) in [6.45, 7) is 1.98. The number of anilines is 1. The lowest BCUT2D eigenvalue weighted by molar-refractivity contribution is -0.123. The highest BCUT2D eigenvalue weighted by molar-refractivity contribution is 6.24. The maximum Gasteiger partial charge on any atom is 0.340 e. The largest absolute Gasteiger partial charge is 0.462 e. The van der Waals surface area contributed by atoms with Crippen LogP contribution in [0, 0.1) is 29.1 Å². The molecule has 1 aromatic rings. The second-order valence-corrected chi connectivity index (χ2v) is 7.47. The molecule has 5 nitrogen and oxygen atoms in total. The van der Waals surface area contributed by atoms with Crippen LogP contribution in [-0.2, 0) is 14.3 Å². The molecular formula is C20H19NO4. The number of para-hydroxylation sites is 1. The van der Waals surface area contributed by atoms with Crippen LogP contribution in [0.25, 0.3) is 0 Å². The van der Waals surface area contributed by atoms with Crippen LogP contribution in [0.5, 0.6) is 0 Å². The summed E-state index contributed by atoms with van der Waals surface area (Å²) in [6, 6.07) is 6.72. The van der Waals surface area contributed by atoms with E-state index in [0.29, 0.717) is 5.69 Å². The number of amides is 2. The molecule has 3 fully saturated rings. The van der Waals surface area contributed by atoms with Gasteiger partial charge in [-0.05, 0) is 49.1 Å². The third-order valence-corrected chi connectivity index (χ3v) is 6.49. The van der Waals surface area contributed by atoms with E-state index < -0.39 is 5.97 Å².